The van der Waals surface area contributed by atoms with Crippen LogP contribution in [0.2, 0.25) is 0 Å². The first-order valence-electron chi connectivity index (χ1n) is 10.5. The maximum atomic E-state index is 12.7. The first-order chi connectivity index (χ1) is 16.0. The van der Waals surface area contributed by atoms with Crippen LogP contribution < -0.4 is 10.6 Å². The van der Waals surface area contributed by atoms with Gasteiger partial charge in [-0.2, -0.15) is 5.10 Å². The van der Waals surface area contributed by atoms with Gasteiger partial charge in [-0.05, 0) is 28.3 Å². The lowest BCUT2D eigenvalue weighted by Crippen LogP contribution is -2.42. The zero-order chi connectivity index (χ0) is 23.4. The summed E-state index contributed by atoms with van der Waals surface area (Å²) >= 11 is 0. The van der Waals surface area contributed by atoms with E-state index in [4.69, 9.17) is 9.84 Å². The van der Waals surface area contributed by atoms with E-state index in [0.29, 0.717) is 5.69 Å². The van der Waals surface area contributed by atoms with Crippen LogP contribution in [0, 0.1) is 0 Å². The van der Waals surface area contributed by atoms with Gasteiger partial charge < -0.3 is 20.5 Å². The monoisotopic (exact) mass is 448 g/mol. The highest BCUT2D eigenvalue weighted by molar-refractivity contribution is 5.87. The van der Waals surface area contributed by atoms with Gasteiger partial charge in [-0.25, -0.2) is 4.79 Å². The molecule has 1 aliphatic rings. The van der Waals surface area contributed by atoms with E-state index in [0.717, 1.165) is 22.3 Å². The summed E-state index contributed by atoms with van der Waals surface area (Å²) in [4.78, 5) is 36.1. The second-order valence-electron chi connectivity index (χ2n) is 7.72. The molecule has 0 fully saturated rings. The quantitative estimate of drug-likeness (QED) is 0.487. The Kier molecular flexibility index (Phi) is 6.39. The number of aryl methyl sites for hydroxylation is 1. The number of carboxylic acid groups (broad SMARTS) is 1. The highest BCUT2D eigenvalue weighted by atomic mass is 16.5. The topological polar surface area (TPSA) is 123 Å². The molecule has 0 aliphatic heterocycles. The van der Waals surface area contributed by atoms with Gasteiger partial charge in [0, 0.05) is 25.7 Å². The Balaban J connectivity index is 1.45. The number of carbonyl (C=O) groups excluding carboxylic acids is 2. The summed E-state index contributed by atoms with van der Waals surface area (Å²) in [5.74, 6) is -1.69. The van der Waals surface area contributed by atoms with Crippen molar-refractivity contribution >= 4 is 18.0 Å². The minimum atomic E-state index is -1.08. The van der Waals surface area contributed by atoms with Gasteiger partial charge in [0.1, 0.15) is 6.61 Å². The summed E-state index contributed by atoms with van der Waals surface area (Å²) in [7, 11) is 1.65. The Morgan fingerprint density at radius 1 is 1.06 bits per heavy atom. The van der Waals surface area contributed by atoms with Crippen molar-refractivity contribution in [2.24, 2.45) is 7.05 Å². The number of fused-ring (bicyclic) bond motifs is 3. The number of nitrogens with one attached hydrogen (secondary N) is 2. The number of carbonyl (C=O) groups is 3. The normalized spacial score (nSPS) is 13.0. The van der Waals surface area contributed by atoms with Crippen molar-refractivity contribution in [3.8, 4) is 11.1 Å². The molecule has 0 saturated heterocycles. The van der Waals surface area contributed by atoms with E-state index in [-0.39, 0.29) is 25.5 Å². The minimum absolute atomic E-state index is 0.0606. The number of ether oxygens (including phenoxy) is 1. The summed E-state index contributed by atoms with van der Waals surface area (Å²) in [5, 5.41) is 18.0. The zero-order valence-electron chi connectivity index (χ0n) is 18.0. The largest absolute Gasteiger partial charge is 0.481 e. The Hall–Kier alpha value is -4.14. The van der Waals surface area contributed by atoms with Crippen molar-refractivity contribution in [2.45, 2.75) is 18.4 Å². The lowest BCUT2D eigenvalue weighted by Gasteiger charge is -2.20. The lowest BCUT2D eigenvalue weighted by molar-refractivity contribution is -0.137. The molecule has 0 spiro atoms. The van der Waals surface area contributed by atoms with Crippen molar-refractivity contribution in [3.05, 3.63) is 77.6 Å². The molecule has 2 aromatic carbocycles. The number of aromatic nitrogens is 2. The van der Waals surface area contributed by atoms with Crippen molar-refractivity contribution in [3.63, 3.8) is 0 Å². The molecule has 170 valence electrons. The summed E-state index contributed by atoms with van der Waals surface area (Å²) in [6.45, 7) is 0.0491. The summed E-state index contributed by atoms with van der Waals surface area (Å²) in [5.41, 5.74) is 4.85. The van der Waals surface area contributed by atoms with E-state index in [2.05, 4.69) is 15.7 Å². The van der Waals surface area contributed by atoms with E-state index < -0.39 is 24.0 Å². The van der Waals surface area contributed by atoms with Crippen LogP contribution in [0.5, 0.6) is 0 Å². The molecular formula is C24H24N4O5. The lowest BCUT2D eigenvalue weighted by atomic mass is 9.98. The molecule has 1 heterocycles. The summed E-state index contributed by atoms with van der Waals surface area (Å²) < 4.78 is 7.01. The van der Waals surface area contributed by atoms with Crippen LogP contribution in [0.25, 0.3) is 11.1 Å². The fraction of sp³-hybridized carbons (Fsp3) is 0.250. The molecule has 0 saturated carbocycles. The Morgan fingerprint density at radius 2 is 1.70 bits per heavy atom. The van der Waals surface area contributed by atoms with Gasteiger partial charge in [-0.15, -0.1) is 0 Å². The van der Waals surface area contributed by atoms with E-state index in [9.17, 15) is 14.4 Å². The molecular weight excluding hydrogens is 424 g/mol. The maximum absolute atomic E-state index is 12.7. The van der Waals surface area contributed by atoms with Gasteiger partial charge in [0.2, 0.25) is 5.91 Å². The summed E-state index contributed by atoms with van der Waals surface area (Å²) in [6, 6.07) is 16.5. The average molecular weight is 448 g/mol. The van der Waals surface area contributed by atoms with Crippen LogP contribution in [0.15, 0.2) is 60.8 Å². The molecule has 33 heavy (non-hydrogen) atoms. The first-order valence-corrected chi connectivity index (χ1v) is 10.5. The second kappa shape index (κ2) is 9.56. The number of hydrogen-bond acceptors (Lipinski definition) is 5. The minimum Gasteiger partial charge on any atom is -0.481 e. The van der Waals surface area contributed by atoms with Crippen LogP contribution >= 0.6 is 0 Å². The van der Waals surface area contributed by atoms with Crippen LogP contribution in [-0.4, -0.2) is 46.0 Å². The number of alkyl carbamates (subject to hydrolysis) is 1. The van der Waals surface area contributed by atoms with Gasteiger partial charge >= 0.3 is 12.1 Å². The van der Waals surface area contributed by atoms with Gasteiger partial charge in [0.05, 0.1) is 12.1 Å². The fourth-order valence-electron chi connectivity index (χ4n) is 4.09. The zero-order valence-corrected chi connectivity index (χ0v) is 18.0. The van der Waals surface area contributed by atoms with Crippen molar-refractivity contribution in [1.82, 2.24) is 20.4 Å². The smallest absolute Gasteiger partial charge is 0.408 e. The van der Waals surface area contributed by atoms with Gasteiger partial charge in [0.15, 0.2) is 6.04 Å². The Labute approximate surface area is 190 Å². The first kappa shape index (κ1) is 22.1. The molecule has 0 radical (unpaired) electrons. The number of aliphatic carboxylic acids is 1. The van der Waals surface area contributed by atoms with Crippen LogP contribution in [-0.2, 0) is 21.4 Å². The molecule has 1 atom stereocenters. The third kappa shape index (κ3) is 4.72. The number of hydrogen-bond donors (Lipinski definition) is 3. The highest BCUT2D eigenvalue weighted by Crippen LogP contribution is 2.44. The van der Waals surface area contributed by atoms with Crippen molar-refractivity contribution in [2.75, 3.05) is 13.2 Å². The molecule has 3 N–H and O–H groups in total. The van der Waals surface area contributed by atoms with Crippen LogP contribution in [0.4, 0.5) is 4.79 Å². The molecule has 3 aromatic rings. The van der Waals surface area contributed by atoms with E-state index >= 15 is 0 Å². The fourth-order valence-corrected chi connectivity index (χ4v) is 4.09. The van der Waals surface area contributed by atoms with E-state index in [1.165, 1.54) is 10.9 Å². The summed E-state index contributed by atoms with van der Waals surface area (Å²) in [6.07, 6.45) is 0.526. The van der Waals surface area contributed by atoms with Crippen LogP contribution in [0.3, 0.4) is 0 Å². The Bertz CT molecular complexity index is 1140. The number of carboxylic acids is 1. The van der Waals surface area contributed by atoms with Crippen LogP contribution in [0.1, 0.15) is 35.2 Å². The predicted octanol–water partition coefficient (Wildman–Crippen LogP) is 2.59. The average Bonchev–Trinajstić information content (AvgIpc) is 3.37. The molecule has 9 heteroatoms. The molecule has 1 unspecified atom stereocenters. The molecule has 9 nitrogen and oxygen atoms in total. The van der Waals surface area contributed by atoms with Gasteiger partial charge in [-0.1, -0.05) is 48.5 Å². The molecule has 4 rings (SSSR count). The van der Waals surface area contributed by atoms with Crippen molar-refractivity contribution < 1.29 is 24.2 Å². The standard InChI is InChI=1S/C24H24N4O5/c1-28-20(10-13-26-28)22(23(31)25-12-11-21(29)30)27-24(32)33-14-19-17-8-4-2-6-15(17)16-7-3-5-9-18(16)19/h2-10,13,19,22H,11-12,14H2,1H3,(H,25,31)(H,27,32)(H,29,30). The highest BCUT2D eigenvalue weighted by Gasteiger charge is 2.30. The maximum Gasteiger partial charge on any atom is 0.408 e. The number of rotatable bonds is 8. The third-order valence-corrected chi connectivity index (χ3v) is 5.66. The number of benzene rings is 2. The van der Waals surface area contributed by atoms with E-state index in [1.807, 2.05) is 48.5 Å². The molecule has 1 aliphatic carbocycles. The van der Waals surface area contributed by atoms with Gasteiger partial charge in [0.25, 0.3) is 0 Å². The molecule has 2 amide bonds. The third-order valence-electron chi connectivity index (χ3n) is 5.66. The number of amides is 2. The SMILES string of the molecule is Cn1nccc1C(NC(=O)OCC1c2ccccc2-c2ccccc21)C(=O)NCCC(=O)O. The van der Waals surface area contributed by atoms with Crippen molar-refractivity contribution in [1.29, 1.82) is 0 Å². The second-order valence-corrected chi connectivity index (χ2v) is 7.72. The molecule has 1 aromatic heterocycles. The number of nitrogens with zero attached hydrogens (tertiary/aromatic N) is 2. The Morgan fingerprint density at radius 3 is 2.27 bits per heavy atom. The van der Waals surface area contributed by atoms with E-state index in [1.54, 1.807) is 13.1 Å². The molecule has 0 bridgehead atoms. The van der Waals surface area contributed by atoms with Gasteiger partial charge in [-0.3, -0.25) is 14.3 Å². The predicted molar refractivity (Wildman–Crippen MR) is 119 cm³/mol.